The maximum atomic E-state index is 11.4. The zero-order chi connectivity index (χ0) is 11.5. The first-order valence-electron chi connectivity index (χ1n) is 4.98. The van der Waals surface area contributed by atoms with Gasteiger partial charge in [0.15, 0.2) is 0 Å². The lowest BCUT2D eigenvalue weighted by molar-refractivity contribution is 0.0520. The fourth-order valence-electron chi connectivity index (χ4n) is 1.45. The van der Waals surface area contributed by atoms with Crippen LogP contribution in [0.1, 0.15) is 17.4 Å². The van der Waals surface area contributed by atoms with Crippen LogP contribution in [0.2, 0.25) is 0 Å². The highest BCUT2D eigenvalue weighted by Gasteiger charge is 2.10. The van der Waals surface area contributed by atoms with Crippen molar-refractivity contribution in [3.05, 3.63) is 36.0 Å². The Labute approximate surface area is 92.5 Å². The molecule has 82 valence electrons. The van der Waals surface area contributed by atoms with Crippen LogP contribution in [0.15, 0.2) is 30.3 Å². The lowest BCUT2D eigenvalue weighted by Gasteiger charge is -2.03. The number of para-hydroxylation sites is 1. The maximum absolute atomic E-state index is 11.4. The van der Waals surface area contributed by atoms with E-state index in [2.05, 4.69) is 4.98 Å². The predicted octanol–water partition coefficient (Wildman–Crippen LogP) is 2.12. The number of carbonyl (C=O) groups is 1. The van der Waals surface area contributed by atoms with Gasteiger partial charge in [-0.3, -0.25) is 0 Å². The number of rotatable bonds is 2. The molecule has 4 nitrogen and oxygen atoms in total. The van der Waals surface area contributed by atoms with Crippen molar-refractivity contribution in [3.63, 3.8) is 0 Å². The Hall–Kier alpha value is -2.10. The summed E-state index contributed by atoms with van der Waals surface area (Å²) in [5.74, 6) is -0.420. The molecule has 0 aliphatic carbocycles. The Bertz CT molecular complexity index is 537. The van der Waals surface area contributed by atoms with Gasteiger partial charge in [0.1, 0.15) is 17.0 Å². The lowest BCUT2D eigenvalue weighted by Crippen LogP contribution is -2.06. The third kappa shape index (κ3) is 1.82. The predicted molar refractivity (Wildman–Crippen MR) is 59.4 cm³/mol. The largest absolute Gasteiger partial charge is 0.506 e. The van der Waals surface area contributed by atoms with E-state index >= 15 is 0 Å². The Kier molecular flexibility index (Phi) is 2.72. The summed E-state index contributed by atoms with van der Waals surface area (Å²) in [5, 5.41) is 10.4. The molecule has 4 heteroatoms. The molecule has 16 heavy (non-hydrogen) atoms. The van der Waals surface area contributed by atoms with Crippen LogP contribution in [0.3, 0.4) is 0 Å². The van der Waals surface area contributed by atoms with Gasteiger partial charge < -0.3 is 9.84 Å². The minimum Gasteiger partial charge on any atom is -0.506 e. The van der Waals surface area contributed by atoms with Crippen LogP contribution >= 0.6 is 0 Å². The Balaban J connectivity index is 2.51. The van der Waals surface area contributed by atoms with Crippen LogP contribution in [0, 0.1) is 0 Å². The molecule has 0 aliphatic rings. The van der Waals surface area contributed by atoms with E-state index in [0.29, 0.717) is 12.1 Å². The van der Waals surface area contributed by atoms with Crippen molar-refractivity contribution in [2.24, 2.45) is 0 Å². The molecule has 0 aliphatic heterocycles. The van der Waals surface area contributed by atoms with Gasteiger partial charge >= 0.3 is 5.97 Å². The number of nitrogens with zero attached hydrogens (tertiary/aromatic N) is 1. The number of fused-ring (bicyclic) bond motifs is 1. The number of carbonyl (C=O) groups excluding carboxylic acids is 1. The number of benzene rings is 1. The molecular formula is C12H11NO3. The van der Waals surface area contributed by atoms with Crippen LogP contribution < -0.4 is 0 Å². The third-order valence-corrected chi connectivity index (χ3v) is 2.18. The Morgan fingerprint density at radius 2 is 2.19 bits per heavy atom. The maximum Gasteiger partial charge on any atom is 0.356 e. The first-order valence-corrected chi connectivity index (χ1v) is 4.98. The minimum absolute atomic E-state index is 0.0589. The average molecular weight is 217 g/mol. The van der Waals surface area contributed by atoms with E-state index in [1.54, 1.807) is 25.1 Å². The highest BCUT2D eigenvalue weighted by molar-refractivity contribution is 5.92. The highest BCUT2D eigenvalue weighted by atomic mass is 16.5. The average Bonchev–Trinajstić information content (AvgIpc) is 2.29. The third-order valence-electron chi connectivity index (χ3n) is 2.18. The van der Waals surface area contributed by atoms with E-state index in [9.17, 15) is 9.90 Å². The second-order valence-corrected chi connectivity index (χ2v) is 3.27. The van der Waals surface area contributed by atoms with Gasteiger partial charge in [-0.15, -0.1) is 0 Å². The van der Waals surface area contributed by atoms with Crippen molar-refractivity contribution in [2.45, 2.75) is 6.92 Å². The summed E-state index contributed by atoms with van der Waals surface area (Å²) in [5.41, 5.74) is 0.615. The molecule has 0 radical (unpaired) electrons. The van der Waals surface area contributed by atoms with Gasteiger partial charge in [0.25, 0.3) is 0 Å². The first kappa shape index (κ1) is 10.4. The molecule has 1 N–H and O–H groups in total. The Morgan fingerprint density at radius 3 is 2.94 bits per heavy atom. The molecule has 0 unspecified atom stereocenters. The summed E-state index contributed by atoms with van der Waals surface area (Å²) in [6, 6.07) is 8.39. The molecule has 0 atom stereocenters. The van der Waals surface area contributed by atoms with E-state index in [4.69, 9.17) is 4.74 Å². The number of phenols is 1. The normalized spacial score (nSPS) is 10.3. The molecule has 0 amide bonds. The first-order chi connectivity index (χ1) is 7.72. The van der Waals surface area contributed by atoms with Crippen LogP contribution in [-0.4, -0.2) is 22.7 Å². The molecule has 0 saturated carbocycles. The molecule has 0 fully saturated rings. The molecule has 2 rings (SSSR count). The number of aromatic nitrogens is 1. The molecule has 0 saturated heterocycles. The van der Waals surface area contributed by atoms with Crippen LogP contribution in [-0.2, 0) is 4.74 Å². The summed E-state index contributed by atoms with van der Waals surface area (Å²) in [4.78, 5) is 15.5. The van der Waals surface area contributed by atoms with Gasteiger partial charge in [-0.2, -0.15) is 0 Å². The monoisotopic (exact) mass is 217 g/mol. The van der Waals surface area contributed by atoms with Crippen molar-refractivity contribution >= 4 is 16.9 Å². The number of aromatic hydroxyl groups is 1. The van der Waals surface area contributed by atoms with E-state index in [1.807, 2.05) is 6.07 Å². The zero-order valence-corrected chi connectivity index (χ0v) is 8.80. The quantitative estimate of drug-likeness (QED) is 0.783. The van der Waals surface area contributed by atoms with E-state index in [0.717, 1.165) is 5.39 Å². The topological polar surface area (TPSA) is 59.4 Å². The summed E-state index contributed by atoms with van der Waals surface area (Å²) in [6.07, 6.45) is 0. The van der Waals surface area contributed by atoms with Crippen molar-refractivity contribution < 1.29 is 14.6 Å². The fourth-order valence-corrected chi connectivity index (χ4v) is 1.45. The van der Waals surface area contributed by atoms with Crippen LogP contribution in [0.5, 0.6) is 5.75 Å². The van der Waals surface area contributed by atoms with Gasteiger partial charge in [-0.05, 0) is 19.1 Å². The molecule has 2 aromatic rings. The summed E-state index contributed by atoms with van der Waals surface area (Å²) < 4.78 is 4.83. The van der Waals surface area contributed by atoms with Gasteiger partial charge in [0, 0.05) is 5.39 Å². The van der Waals surface area contributed by atoms with Gasteiger partial charge in [-0.1, -0.05) is 18.2 Å². The van der Waals surface area contributed by atoms with Crippen molar-refractivity contribution in [2.75, 3.05) is 6.61 Å². The molecule has 1 aromatic heterocycles. The van der Waals surface area contributed by atoms with Gasteiger partial charge in [-0.25, -0.2) is 9.78 Å². The van der Waals surface area contributed by atoms with Gasteiger partial charge in [0.05, 0.1) is 6.61 Å². The standard InChI is InChI=1S/C12H11NO3/c1-2-16-12(15)9-7-6-8-4-3-5-10(14)11(8)13-9/h3-7,14H,2H2,1H3. The van der Waals surface area contributed by atoms with E-state index in [1.165, 1.54) is 6.07 Å². The lowest BCUT2D eigenvalue weighted by atomic mass is 10.2. The second-order valence-electron chi connectivity index (χ2n) is 3.27. The minimum atomic E-state index is -0.479. The molecule has 1 heterocycles. The van der Waals surface area contributed by atoms with Crippen molar-refractivity contribution in [1.82, 2.24) is 4.98 Å². The molecule has 0 bridgehead atoms. The Morgan fingerprint density at radius 1 is 1.38 bits per heavy atom. The number of esters is 1. The number of pyridine rings is 1. The summed E-state index contributed by atoms with van der Waals surface area (Å²) in [7, 11) is 0. The van der Waals surface area contributed by atoms with E-state index in [-0.39, 0.29) is 11.4 Å². The fraction of sp³-hybridized carbons (Fsp3) is 0.167. The van der Waals surface area contributed by atoms with Crippen LogP contribution in [0.25, 0.3) is 10.9 Å². The molecule has 1 aromatic carbocycles. The van der Waals surface area contributed by atoms with E-state index < -0.39 is 5.97 Å². The van der Waals surface area contributed by atoms with Crippen molar-refractivity contribution in [3.8, 4) is 5.75 Å². The zero-order valence-electron chi connectivity index (χ0n) is 8.80. The summed E-state index contributed by atoms with van der Waals surface area (Å²) >= 11 is 0. The number of phenolic OH excluding ortho intramolecular Hbond substituents is 1. The smallest absolute Gasteiger partial charge is 0.356 e. The van der Waals surface area contributed by atoms with Gasteiger partial charge in [0.2, 0.25) is 0 Å². The second kappa shape index (κ2) is 4.18. The number of hydrogen-bond donors (Lipinski definition) is 1. The number of hydrogen-bond acceptors (Lipinski definition) is 4. The summed E-state index contributed by atoms with van der Waals surface area (Å²) in [6.45, 7) is 2.04. The SMILES string of the molecule is CCOC(=O)c1ccc2cccc(O)c2n1. The van der Waals surface area contributed by atoms with Crippen molar-refractivity contribution in [1.29, 1.82) is 0 Å². The molecular weight excluding hydrogens is 206 g/mol. The number of ether oxygens (including phenoxy) is 1. The highest BCUT2D eigenvalue weighted by Crippen LogP contribution is 2.22. The van der Waals surface area contributed by atoms with Crippen LogP contribution in [0.4, 0.5) is 0 Å². The molecule has 0 spiro atoms.